The Morgan fingerprint density at radius 3 is 2.74 bits per heavy atom. The zero-order chi connectivity index (χ0) is 13.8. The highest BCUT2D eigenvalue weighted by atomic mass is 32.1. The second-order valence-corrected chi connectivity index (χ2v) is 6.67. The smallest absolute Gasteiger partial charge is 0.186 e. The van der Waals surface area contributed by atoms with Crippen LogP contribution in [-0.4, -0.2) is 24.7 Å². The van der Waals surface area contributed by atoms with Crippen LogP contribution >= 0.6 is 11.3 Å². The third kappa shape index (κ3) is 3.91. The van der Waals surface area contributed by atoms with Crippen molar-refractivity contribution in [1.82, 2.24) is 4.98 Å². The molecule has 1 aromatic rings. The summed E-state index contributed by atoms with van der Waals surface area (Å²) in [6.07, 6.45) is 3.82. The molecule has 1 aliphatic carbocycles. The quantitative estimate of drug-likeness (QED) is 0.797. The second-order valence-electron chi connectivity index (χ2n) is 5.61. The maximum absolute atomic E-state index is 5.80. The van der Waals surface area contributed by atoms with Crippen LogP contribution in [0.5, 0.6) is 0 Å². The molecule has 4 nitrogen and oxygen atoms in total. The highest BCUT2D eigenvalue weighted by Gasteiger charge is 2.31. The van der Waals surface area contributed by atoms with Crippen LogP contribution in [0.3, 0.4) is 0 Å². The maximum atomic E-state index is 5.80. The highest BCUT2D eigenvalue weighted by molar-refractivity contribution is 7.15. The van der Waals surface area contributed by atoms with Gasteiger partial charge in [0.05, 0.1) is 12.3 Å². The molecular weight excluding hydrogens is 258 g/mol. The summed E-state index contributed by atoms with van der Waals surface area (Å²) >= 11 is 1.74. The topological polar surface area (TPSA) is 51.4 Å². The number of nitrogens with two attached hydrogens (primary N) is 1. The van der Waals surface area contributed by atoms with E-state index in [2.05, 4.69) is 18.7 Å². The lowest BCUT2D eigenvalue weighted by Crippen LogP contribution is -2.27. The minimum Gasteiger partial charge on any atom is -0.378 e. The molecule has 0 atom stereocenters. The summed E-state index contributed by atoms with van der Waals surface area (Å²) in [5.74, 6) is 0.730. The van der Waals surface area contributed by atoms with Crippen LogP contribution in [-0.2, 0) is 17.9 Å². The van der Waals surface area contributed by atoms with Crippen molar-refractivity contribution in [2.75, 3.05) is 18.6 Å². The fraction of sp³-hybridized carbons (Fsp3) is 0.786. The summed E-state index contributed by atoms with van der Waals surface area (Å²) in [5.41, 5.74) is 6.82. The standard InChI is InChI=1S/C14H25N3OS/c1-10(2)6-7-17(11-4-5-11)14-16-12(9-18-3)13(8-15)19-14/h10-11H,4-9,15H2,1-3H3. The molecular formula is C14H25N3OS. The molecule has 0 aromatic carbocycles. The van der Waals surface area contributed by atoms with Crippen molar-refractivity contribution in [3.63, 3.8) is 0 Å². The molecule has 1 fully saturated rings. The maximum Gasteiger partial charge on any atom is 0.186 e. The fourth-order valence-corrected chi connectivity index (χ4v) is 3.16. The van der Waals surface area contributed by atoms with Crippen molar-refractivity contribution in [2.24, 2.45) is 11.7 Å². The Kier molecular flexibility index (Phi) is 5.19. The minimum absolute atomic E-state index is 0.555. The number of methoxy groups -OCH3 is 1. The number of hydrogen-bond acceptors (Lipinski definition) is 5. The SMILES string of the molecule is COCc1nc(N(CCC(C)C)C2CC2)sc1CN. The van der Waals surface area contributed by atoms with Gasteiger partial charge in [0.25, 0.3) is 0 Å². The van der Waals surface area contributed by atoms with E-state index in [4.69, 9.17) is 15.5 Å². The van der Waals surface area contributed by atoms with E-state index in [0.29, 0.717) is 19.2 Å². The molecule has 5 heteroatoms. The molecule has 2 N–H and O–H groups in total. The van der Waals surface area contributed by atoms with Crippen molar-refractivity contribution in [3.8, 4) is 0 Å². The van der Waals surface area contributed by atoms with Gasteiger partial charge < -0.3 is 15.4 Å². The Labute approximate surface area is 120 Å². The van der Waals surface area contributed by atoms with Crippen LogP contribution in [0, 0.1) is 5.92 Å². The van der Waals surface area contributed by atoms with Crippen molar-refractivity contribution in [3.05, 3.63) is 10.6 Å². The summed E-state index contributed by atoms with van der Waals surface area (Å²) in [4.78, 5) is 8.38. The average Bonchev–Trinajstić information content (AvgIpc) is 3.12. The number of aromatic nitrogens is 1. The number of thiazole rings is 1. The van der Waals surface area contributed by atoms with Crippen LogP contribution in [0.1, 0.15) is 43.7 Å². The van der Waals surface area contributed by atoms with Crippen molar-refractivity contribution in [2.45, 2.75) is 52.3 Å². The number of nitrogens with zero attached hydrogens (tertiary/aromatic N) is 2. The fourth-order valence-electron chi connectivity index (χ4n) is 2.12. The molecule has 1 saturated carbocycles. The van der Waals surface area contributed by atoms with Gasteiger partial charge in [0, 0.05) is 31.1 Å². The number of hydrogen-bond donors (Lipinski definition) is 1. The van der Waals surface area contributed by atoms with Gasteiger partial charge in [-0.3, -0.25) is 0 Å². The highest BCUT2D eigenvalue weighted by Crippen LogP contribution is 2.35. The molecule has 0 amide bonds. The molecule has 0 aliphatic heterocycles. The Morgan fingerprint density at radius 1 is 1.47 bits per heavy atom. The molecule has 0 spiro atoms. The van der Waals surface area contributed by atoms with E-state index in [1.165, 1.54) is 19.3 Å². The summed E-state index contributed by atoms with van der Waals surface area (Å²) < 4.78 is 5.21. The summed E-state index contributed by atoms with van der Waals surface area (Å²) in [6.45, 7) is 6.76. The molecule has 0 saturated heterocycles. The lowest BCUT2D eigenvalue weighted by molar-refractivity contribution is 0.181. The van der Waals surface area contributed by atoms with E-state index in [1.807, 2.05) is 0 Å². The monoisotopic (exact) mass is 283 g/mol. The first-order chi connectivity index (χ1) is 9.15. The molecule has 108 valence electrons. The van der Waals surface area contributed by atoms with Gasteiger partial charge in [0.2, 0.25) is 0 Å². The van der Waals surface area contributed by atoms with Crippen LogP contribution < -0.4 is 10.6 Å². The van der Waals surface area contributed by atoms with Gasteiger partial charge >= 0.3 is 0 Å². The first-order valence-electron chi connectivity index (χ1n) is 7.10. The predicted octanol–water partition coefficient (Wildman–Crippen LogP) is 2.76. The number of rotatable bonds is 8. The van der Waals surface area contributed by atoms with Crippen molar-refractivity contribution in [1.29, 1.82) is 0 Å². The normalized spacial score (nSPS) is 15.2. The van der Waals surface area contributed by atoms with E-state index in [1.54, 1.807) is 18.4 Å². The molecule has 2 rings (SSSR count). The van der Waals surface area contributed by atoms with Crippen molar-refractivity contribution >= 4 is 16.5 Å². The van der Waals surface area contributed by atoms with Gasteiger partial charge in [-0.1, -0.05) is 13.8 Å². The Balaban J connectivity index is 2.11. The Hall–Kier alpha value is -0.650. The summed E-state index contributed by atoms with van der Waals surface area (Å²) in [6, 6.07) is 0.700. The lowest BCUT2D eigenvalue weighted by Gasteiger charge is -2.22. The first-order valence-corrected chi connectivity index (χ1v) is 7.91. The average molecular weight is 283 g/mol. The largest absolute Gasteiger partial charge is 0.378 e. The van der Waals surface area contributed by atoms with Crippen molar-refractivity contribution < 1.29 is 4.74 Å². The molecule has 0 radical (unpaired) electrons. The van der Waals surface area contributed by atoms with Gasteiger partial charge in [-0.15, -0.1) is 11.3 Å². The van der Waals surface area contributed by atoms with E-state index in [9.17, 15) is 0 Å². The predicted molar refractivity (Wildman–Crippen MR) is 80.5 cm³/mol. The lowest BCUT2D eigenvalue weighted by atomic mass is 10.1. The zero-order valence-corrected chi connectivity index (χ0v) is 13.0. The third-order valence-electron chi connectivity index (χ3n) is 3.41. The third-order valence-corrected chi connectivity index (χ3v) is 4.57. The van der Waals surface area contributed by atoms with Crippen LogP contribution in [0.2, 0.25) is 0 Å². The van der Waals surface area contributed by atoms with Crippen LogP contribution in [0.15, 0.2) is 0 Å². The van der Waals surface area contributed by atoms with Crippen LogP contribution in [0.25, 0.3) is 0 Å². The van der Waals surface area contributed by atoms with Gasteiger partial charge in [-0.05, 0) is 25.2 Å². The second kappa shape index (κ2) is 6.68. The Bertz CT molecular complexity index is 401. The molecule has 0 bridgehead atoms. The van der Waals surface area contributed by atoms with E-state index >= 15 is 0 Å². The first kappa shape index (κ1) is 14.8. The number of ether oxygens (including phenoxy) is 1. The molecule has 1 heterocycles. The zero-order valence-electron chi connectivity index (χ0n) is 12.2. The van der Waals surface area contributed by atoms with E-state index in [0.717, 1.165) is 28.2 Å². The Morgan fingerprint density at radius 2 is 2.21 bits per heavy atom. The molecule has 1 aromatic heterocycles. The van der Waals surface area contributed by atoms with Gasteiger partial charge in [0.15, 0.2) is 5.13 Å². The molecule has 0 unspecified atom stereocenters. The van der Waals surface area contributed by atoms with Crippen LogP contribution in [0.4, 0.5) is 5.13 Å². The summed E-state index contributed by atoms with van der Waals surface area (Å²) in [7, 11) is 1.71. The van der Waals surface area contributed by atoms with Gasteiger partial charge in [0.1, 0.15) is 0 Å². The van der Waals surface area contributed by atoms with E-state index in [-0.39, 0.29) is 0 Å². The minimum atomic E-state index is 0.555. The summed E-state index contributed by atoms with van der Waals surface area (Å²) in [5, 5.41) is 1.13. The van der Waals surface area contributed by atoms with E-state index < -0.39 is 0 Å². The van der Waals surface area contributed by atoms with Gasteiger partial charge in [-0.25, -0.2) is 4.98 Å². The molecule has 1 aliphatic rings. The van der Waals surface area contributed by atoms with Gasteiger partial charge in [-0.2, -0.15) is 0 Å². The molecule has 19 heavy (non-hydrogen) atoms. The number of anilines is 1.